The summed E-state index contributed by atoms with van der Waals surface area (Å²) < 4.78 is 2.32. The minimum Gasteiger partial charge on any atom is -0.364 e. The van der Waals surface area contributed by atoms with Crippen LogP contribution in [0, 0.1) is 0 Å². The molecule has 0 saturated carbocycles. The molecule has 0 spiro atoms. The lowest BCUT2D eigenvalue weighted by atomic mass is 9.79. The maximum absolute atomic E-state index is 5.41. The summed E-state index contributed by atoms with van der Waals surface area (Å²) >= 11 is 0. The molecule has 7 aromatic carbocycles. The molecular formula is C51H38N4. The molecule has 1 atom stereocenters. The van der Waals surface area contributed by atoms with Crippen molar-refractivity contribution >= 4 is 60.8 Å². The Morgan fingerprint density at radius 2 is 1.33 bits per heavy atom. The Morgan fingerprint density at radius 3 is 2.15 bits per heavy atom. The highest BCUT2D eigenvalue weighted by molar-refractivity contribution is 6.11. The Hall–Kier alpha value is -6.91. The first kappa shape index (κ1) is 31.6. The third-order valence-corrected chi connectivity index (χ3v) is 11.8. The van der Waals surface area contributed by atoms with Crippen molar-refractivity contribution < 1.29 is 0 Å². The summed E-state index contributed by atoms with van der Waals surface area (Å²) in [6, 6.07) is 59.0. The van der Waals surface area contributed by atoms with Gasteiger partial charge in [-0.15, -0.1) is 0 Å². The van der Waals surface area contributed by atoms with Crippen LogP contribution in [0.25, 0.3) is 55.0 Å². The number of aliphatic imine (C=N–C) groups is 1. The van der Waals surface area contributed by atoms with Crippen molar-refractivity contribution in [3.63, 3.8) is 0 Å². The average Bonchev–Trinajstić information content (AvgIpc) is 3.79. The third-order valence-electron chi connectivity index (χ3n) is 11.8. The Morgan fingerprint density at radius 1 is 0.618 bits per heavy atom. The van der Waals surface area contributed by atoms with Crippen LogP contribution < -0.4 is 10.2 Å². The Bertz CT molecular complexity index is 2960. The molecule has 0 fully saturated rings. The number of aromatic nitrogens is 1. The lowest BCUT2D eigenvalue weighted by Gasteiger charge is -2.42. The van der Waals surface area contributed by atoms with Gasteiger partial charge in [-0.25, -0.2) is 4.99 Å². The lowest BCUT2D eigenvalue weighted by molar-refractivity contribution is 0.581. The first-order chi connectivity index (χ1) is 27.1. The molecule has 1 aromatic heterocycles. The zero-order chi connectivity index (χ0) is 36.5. The van der Waals surface area contributed by atoms with Crippen LogP contribution in [0.4, 0.5) is 5.69 Å². The average molecular weight is 707 g/mol. The fourth-order valence-corrected chi connectivity index (χ4v) is 9.15. The predicted octanol–water partition coefficient (Wildman–Crippen LogP) is 11.8. The lowest BCUT2D eigenvalue weighted by Crippen LogP contribution is -2.47. The number of nitrogens with one attached hydrogen (secondary N) is 1. The van der Waals surface area contributed by atoms with Crippen LogP contribution in [0.15, 0.2) is 193 Å². The number of benzene rings is 7. The van der Waals surface area contributed by atoms with Crippen LogP contribution in [0.1, 0.15) is 35.6 Å². The molecule has 8 aromatic rings. The van der Waals surface area contributed by atoms with Crippen molar-refractivity contribution in [2.45, 2.75) is 18.9 Å². The van der Waals surface area contributed by atoms with E-state index in [0.717, 1.165) is 29.1 Å². The van der Waals surface area contributed by atoms with Crippen molar-refractivity contribution in [2.75, 3.05) is 11.4 Å². The quantitative estimate of drug-likeness (QED) is 0.193. The van der Waals surface area contributed by atoms with E-state index in [1.807, 2.05) is 0 Å². The summed E-state index contributed by atoms with van der Waals surface area (Å²) in [5.74, 6) is 0.900. The molecule has 1 N–H and O–H groups in total. The van der Waals surface area contributed by atoms with Crippen molar-refractivity contribution in [2.24, 2.45) is 4.99 Å². The molecule has 1 aliphatic carbocycles. The molecule has 2 aliphatic heterocycles. The summed E-state index contributed by atoms with van der Waals surface area (Å²) in [6.07, 6.45) is 7.97. The Kier molecular flexibility index (Phi) is 7.08. The van der Waals surface area contributed by atoms with E-state index in [9.17, 15) is 0 Å². The van der Waals surface area contributed by atoms with E-state index in [4.69, 9.17) is 4.99 Å². The minimum absolute atomic E-state index is 0.325. The van der Waals surface area contributed by atoms with E-state index >= 15 is 0 Å². The van der Waals surface area contributed by atoms with Gasteiger partial charge in [-0.05, 0) is 71.2 Å². The number of rotatable bonds is 5. The molecule has 0 saturated heterocycles. The first-order valence-electron chi connectivity index (χ1n) is 19.1. The van der Waals surface area contributed by atoms with E-state index in [1.165, 1.54) is 71.8 Å². The number of nitrogens with zero attached hydrogens (tertiary/aromatic N) is 3. The zero-order valence-corrected chi connectivity index (χ0v) is 30.6. The van der Waals surface area contributed by atoms with Gasteiger partial charge in [-0.2, -0.15) is 0 Å². The van der Waals surface area contributed by atoms with Crippen molar-refractivity contribution in [3.05, 3.63) is 210 Å². The molecule has 4 nitrogen and oxygen atoms in total. The summed E-state index contributed by atoms with van der Waals surface area (Å²) in [6.45, 7) is 3.07. The Labute approximate surface area is 320 Å². The molecule has 1 unspecified atom stereocenters. The van der Waals surface area contributed by atoms with Crippen LogP contribution in [0.2, 0.25) is 0 Å². The van der Waals surface area contributed by atoms with Crippen LogP contribution in [-0.4, -0.2) is 22.5 Å². The van der Waals surface area contributed by atoms with Gasteiger partial charge in [0.1, 0.15) is 5.84 Å². The van der Waals surface area contributed by atoms with Gasteiger partial charge in [-0.1, -0.05) is 146 Å². The standard InChI is InChI=1S/C51H38N4/c1-51-29-27-39(38-24-26-45-40(31-38)28-30-54(45)46-22-12-19-34-13-8-10-20-41(34)46)32-44(51)43-25-23-35-14-9-11-21-42(35)49(43)55(51)47-33-52-50(37-17-6-3-7-18-37)53-48(47)36-15-4-2-5-16-36/h2-28,30-32H,29,33H2,1H3,(H,52,53). The van der Waals surface area contributed by atoms with E-state index in [-0.39, 0.29) is 5.54 Å². The largest absolute Gasteiger partial charge is 0.364 e. The van der Waals surface area contributed by atoms with E-state index in [0.29, 0.717) is 6.54 Å². The first-order valence-corrected chi connectivity index (χ1v) is 19.1. The molecule has 0 bridgehead atoms. The predicted molar refractivity (Wildman–Crippen MR) is 231 cm³/mol. The second kappa shape index (κ2) is 12.3. The zero-order valence-electron chi connectivity index (χ0n) is 30.6. The smallest absolute Gasteiger partial charge is 0.134 e. The molecule has 0 amide bonds. The Balaban J connectivity index is 1.06. The highest BCUT2D eigenvalue weighted by Crippen LogP contribution is 2.56. The summed E-state index contributed by atoms with van der Waals surface area (Å²) in [4.78, 5) is 8.03. The van der Waals surface area contributed by atoms with Crippen molar-refractivity contribution in [1.29, 1.82) is 0 Å². The summed E-state index contributed by atoms with van der Waals surface area (Å²) in [5.41, 5.74) is 12.9. The SMILES string of the molecule is CC12CC=C(c3ccc4c(ccn4-c4cccc5ccccc45)c3)C=C1c1ccc3ccccc3c1N2C1=C(c2ccccc2)N=C(c2ccccc2)NC1. The van der Waals surface area contributed by atoms with Crippen molar-refractivity contribution in [1.82, 2.24) is 9.88 Å². The number of hydrogen-bond acceptors (Lipinski definition) is 3. The van der Waals surface area contributed by atoms with E-state index in [2.05, 4.69) is 204 Å². The highest BCUT2D eigenvalue weighted by Gasteiger charge is 2.48. The fraction of sp³-hybridized carbons (Fsp3) is 0.0784. The van der Waals surface area contributed by atoms with Gasteiger partial charge in [0.2, 0.25) is 0 Å². The second-order valence-electron chi connectivity index (χ2n) is 15.0. The van der Waals surface area contributed by atoms with Gasteiger partial charge in [0.15, 0.2) is 0 Å². The topological polar surface area (TPSA) is 32.6 Å². The van der Waals surface area contributed by atoms with Gasteiger partial charge in [0.05, 0.1) is 40.4 Å². The number of amidine groups is 1. The van der Waals surface area contributed by atoms with Gasteiger partial charge >= 0.3 is 0 Å². The molecule has 55 heavy (non-hydrogen) atoms. The van der Waals surface area contributed by atoms with Crippen LogP contribution in [0.5, 0.6) is 0 Å². The number of allylic oxidation sites excluding steroid dienone is 2. The highest BCUT2D eigenvalue weighted by atomic mass is 15.3. The van der Waals surface area contributed by atoms with Gasteiger partial charge in [0, 0.05) is 39.0 Å². The van der Waals surface area contributed by atoms with Gasteiger partial charge in [-0.3, -0.25) is 0 Å². The molecule has 11 rings (SSSR count). The molecular weight excluding hydrogens is 669 g/mol. The summed E-state index contributed by atoms with van der Waals surface area (Å²) in [5, 5.41) is 9.97. The van der Waals surface area contributed by atoms with E-state index < -0.39 is 0 Å². The van der Waals surface area contributed by atoms with Gasteiger partial charge in [0.25, 0.3) is 0 Å². The molecule has 3 heterocycles. The van der Waals surface area contributed by atoms with Crippen LogP contribution >= 0.6 is 0 Å². The van der Waals surface area contributed by atoms with Crippen LogP contribution in [0.3, 0.4) is 0 Å². The normalized spacial score (nSPS) is 17.8. The minimum atomic E-state index is -0.325. The molecule has 0 radical (unpaired) electrons. The summed E-state index contributed by atoms with van der Waals surface area (Å²) in [7, 11) is 0. The van der Waals surface area contributed by atoms with Crippen LogP contribution in [-0.2, 0) is 0 Å². The molecule has 3 aliphatic rings. The maximum Gasteiger partial charge on any atom is 0.134 e. The fourth-order valence-electron chi connectivity index (χ4n) is 9.15. The maximum atomic E-state index is 5.41. The number of fused-ring (bicyclic) bond motifs is 7. The molecule has 4 heteroatoms. The van der Waals surface area contributed by atoms with E-state index in [1.54, 1.807) is 0 Å². The van der Waals surface area contributed by atoms with Gasteiger partial charge < -0.3 is 14.8 Å². The second-order valence-corrected chi connectivity index (χ2v) is 15.0. The van der Waals surface area contributed by atoms with Crippen molar-refractivity contribution in [3.8, 4) is 5.69 Å². The monoisotopic (exact) mass is 706 g/mol. The number of anilines is 1. The third kappa shape index (κ3) is 4.95. The molecule has 262 valence electrons. The number of hydrogen-bond donors (Lipinski definition) is 1.